The molecule has 0 aromatic carbocycles. The number of hydrogen-bond donors (Lipinski definition) is 1. The lowest BCUT2D eigenvalue weighted by Gasteiger charge is -2.23. The van der Waals surface area contributed by atoms with Crippen LogP contribution in [0.3, 0.4) is 0 Å². The molecule has 1 saturated carbocycles. The summed E-state index contributed by atoms with van der Waals surface area (Å²) in [7, 11) is -3.81. The molecule has 2 N–H and O–H groups in total. The van der Waals surface area contributed by atoms with E-state index in [1.807, 2.05) is 13.8 Å². The lowest BCUT2D eigenvalue weighted by Crippen LogP contribution is -2.22. The summed E-state index contributed by atoms with van der Waals surface area (Å²) in [5.74, 6) is 1.08. The maximum Gasteiger partial charge on any atom is 0.273 e. The van der Waals surface area contributed by atoms with Crippen LogP contribution in [0.25, 0.3) is 0 Å². The van der Waals surface area contributed by atoms with E-state index in [4.69, 9.17) is 5.14 Å². The second-order valence-corrected chi connectivity index (χ2v) is 6.64. The molecule has 1 aliphatic carbocycles. The van der Waals surface area contributed by atoms with Crippen LogP contribution in [-0.2, 0) is 10.0 Å². The molecule has 0 saturated heterocycles. The molecule has 0 unspecified atom stereocenters. The van der Waals surface area contributed by atoms with E-state index >= 15 is 0 Å². The van der Waals surface area contributed by atoms with Crippen LogP contribution < -0.4 is 5.14 Å². The Hall–Kier alpha value is -0.950. The Balaban J connectivity index is 2.45. The van der Waals surface area contributed by atoms with Crippen LogP contribution in [0, 0.1) is 0 Å². The van der Waals surface area contributed by atoms with Crippen molar-refractivity contribution in [1.29, 1.82) is 0 Å². The zero-order valence-corrected chi connectivity index (χ0v) is 11.7. The van der Waals surface area contributed by atoms with Crippen molar-refractivity contribution < 1.29 is 8.42 Å². The van der Waals surface area contributed by atoms with Crippen molar-refractivity contribution in [2.24, 2.45) is 5.14 Å². The molecule has 2 rings (SSSR count). The SMILES string of the molecule is CC(C)n1c(C2CCCCC2)nnc1S(N)(=O)=O. The van der Waals surface area contributed by atoms with Gasteiger partial charge in [0.2, 0.25) is 0 Å². The molecule has 0 amide bonds. The average molecular weight is 272 g/mol. The minimum atomic E-state index is -3.81. The van der Waals surface area contributed by atoms with Gasteiger partial charge in [0, 0.05) is 12.0 Å². The Kier molecular flexibility index (Phi) is 3.72. The molecule has 0 radical (unpaired) electrons. The summed E-state index contributed by atoms with van der Waals surface area (Å²) < 4.78 is 24.7. The van der Waals surface area contributed by atoms with Gasteiger partial charge in [-0.15, -0.1) is 10.2 Å². The molecule has 7 heteroatoms. The topological polar surface area (TPSA) is 90.9 Å². The second kappa shape index (κ2) is 4.97. The van der Waals surface area contributed by atoms with Gasteiger partial charge in [0.05, 0.1) is 0 Å². The number of rotatable bonds is 3. The smallest absolute Gasteiger partial charge is 0.273 e. The predicted molar refractivity (Wildman–Crippen MR) is 67.6 cm³/mol. The van der Waals surface area contributed by atoms with E-state index in [0.29, 0.717) is 5.92 Å². The molecule has 0 spiro atoms. The van der Waals surface area contributed by atoms with Crippen molar-refractivity contribution in [3.63, 3.8) is 0 Å². The first-order valence-electron chi connectivity index (χ1n) is 6.39. The molecule has 0 atom stereocenters. The fraction of sp³-hybridized carbons (Fsp3) is 0.818. The summed E-state index contributed by atoms with van der Waals surface area (Å²) in [4.78, 5) is 0. The van der Waals surface area contributed by atoms with Crippen molar-refractivity contribution in [1.82, 2.24) is 14.8 Å². The maximum absolute atomic E-state index is 11.5. The number of nitrogens with two attached hydrogens (primary N) is 1. The van der Waals surface area contributed by atoms with E-state index in [1.165, 1.54) is 19.3 Å². The van der Waals surface area contributed by atoms with Crippen molar-refractivity contribution in [3.05, 3.63) is 5.82 Å². The van der Waals surface area contributed by atoms with Crippen LogP contribution in [0.15, 0.2) is 5.16 Å². The van der Waals surface area contributed by atoms with Gasteiger partial charge >= 0.3 is 0 Å². The van der Waals surface area contributed by atoms with Gasteiger partial charge in [-0.3, -0.25) is 4.57 Å². The van der Waals surface area contributed by atoms with E-state index < -0.39 is 10.0 Å². The molecular formula is C11H20N4O2S. The van der Waals surface area contributed by atoms with E-state index in [-0.39, 0.29) is 11.2 Å². The highest BCUT2D eigenvalue weighted by Crippen LogP contribution is 2.33. The van der Waals surface area contributed by atoms with Gasteiger partial charge in [-0.25, -0.2) is 13.6 Å². The summed E-state index contributed by atoms with van der Waals surface area (Å²) in [6.07, 6.45) is 5.68. The molecule has 18 heavy (non-hydrogen) atoms. The van der Waals surface area contributed by atoms with Gasteiger partial charge in [-0.2, -0.15) is 0 Å². The zero-order chi connectivity index (χ0) is 13.3. The molecule has 0 bridgehead atoms. The van der Waals surface area contributed by atoms with Crippen LogP contribution in [0.2, 0.25) is 0 Å². The number of hydrogen-bond acceptors (Lipinski definition) is 4. The van der Waals surface area contributed by atoms with E-state index in [0.717, 1.165) is 18.7 Å². The van der Waals surface area contributed by atoms with Gasteiger partial charge in [0.15, 0.2) is 0 Å². The number of aromatic nitrogens is 3. The lowest BCUT2D eigenvalue weighted by molar-refractivity contribution is 0.398. The first kappa shape index (κ1) is 13.5. The van der Waals surface area contributed by atoms with Gasteiger partial charge < -0.3 is 0 Å². The molecular weight excluding hydrogens is 252 g/mol. The van der Waals surface area contributed by atoms with Crippen molar-refractivity contribution in [2.45, 2.75) is 63.1 Å². The van der Waals surface area contributed by atoms with Crippen molar-refractivity contribution in [3.8, 4) is 0 Å². The maximum atomic E-state index is 11.5. The molecule has 1 fully saturated rings. The summed E-state index contributed by atoms with van der Waals surface area (Å²) in [6, 6.07) is -0.00903. The fourth-order valence-electron chi connectivity index (χ4n) is 2.61. The molecule has 0 aliphatic heterocycles. The number of primary sulfonamides is 1. The van der Waals surface area contributed by atoms with Gasteiger partial charge in [-0.05, 0) is 26.7 Å². The summed E-state index contributed by atoms with van der Waals surface area (Å²) in [6.45, 7) is 3.84. The number of nitrogens with zero attached hydrogens (tertiary/aromatic N) is 3. The highest BCUT2D eigenvalue weighted by Gasteiger charge is 2.28. The highest BCUT2D eigenvalue weighted by molar-refractivity contribution is 7.89. The Morgan fingerprint density at radius 2 is 1.83 bits per heavy atom. The van der Waals surface area contributed by atoms with Gasteiger partial charge in [0.25, 0.3) is 15.2 Å². The normalized spacial score (nSPS) is 18.4. The van der Waals surface area contributed by atoms with Crippen LogP contribution in [0.1, 0.15) is 63.7 Å². The fourth-order valence-corrected chi connectivity index (χ4v) is 3.34. The summed E-state index contributed by atoms with van der Waals surface area (Å²) in [5.41, 5.74) is 0. The number of sulfonamides is 1. The molecule has 1 aromatic heterocycles. The second-order valence-electron chi connectivity index (χ2n) is 5.18. The van der Waals surface area contributed by atoms with E-state index in [2.05, 4.69) is 10.2 Å². The van der Waals surface area contributed by atoms with Crippen LogP contribution in [-0.4, -0.2) is 23.2 Å². The third-order valence-corrected chi connectivity index (χ3v) is 4.22. The molecule has 102 valence electrons. The van der Waals surface area contributed by atoms with E-state index in [9.17, 15) is 8.42 Å². The van der Waals surface area contributed by atoms with Gasteiger partial charge in [-0.1, -0.05) is 19.3 Å². The van der Waals surface area contributed by atoms with Crippen LogP contribution >= 0.6 is 0 Å². The lowest BCUT2D eigenvalue weighted by atomic mass is 9.88. The highest BCUT2D eigenvalue weighted by atomic mass is 32.2. The van der Waals surface area contributed by atoms with Crippen LogP contribution in [0.4, 0.5) is 0 Å². The molecule has 1 aromatic rings. The van der Waals surface area contributed by atoms with Crippen molar-refractivity contribution >= 4 is 10.0 Å². The van der Waals surface area contributed by atoms with Crippen molar-refractivity contribution in [2.75, 3.05) is 0 Å². The monoisotopic (exact) mass is 272 g/mol. The average Bonchev–Trinajstić information content (AvgIpc) is 2.74. The Bertz CT molecular complexity index is 515. The Labute approximate surface area is 108 Å². The molecule has 6 nitrogen and oxygen atoms in total. The first-order valence-corrected chi connectivity index (χ1v) is 7.93. The Morgan fingerprint density at radius 3 is 2.33 bits per heavy atom. The molecule has 1 heterocycles. The van der Waals surface area contributed by atoms with Gasteiger partial charge in [0.1, 0.15) is 5.82 Å². The standard InChI is InChI=1S/C11H20N4O2S/c1-8(2)15-10(9-6-4-3-5-7-9)13-14-11(15)18(12,16)17/h8-9H,3-7H2,1-2H3,(H2,12,16,17). The minimum absolute atomic E-state index is 0.00903. The predicted octanol–water partition coefficient (Wildman–Crippen LogP) is 1.55. The third-order valence-electron chi connectivity index (χ3n) is 3.43. The van der Waals surface area contributed by atoms with E-state index in [1.54, 1.807) is 4.57 Å². The Morgan fingerprint density at radius 1 is 1.22 bits per heavy atom. The zero-order valence-electron chi connectivity index (χ0n) is 10.8. The summed E-state index contributed by atoms with van der Waals surface area (Å²) in [5, 5.41) is 12.9. The third kappa shape index (κ3) is 2.56. The largest absolute Gasteiger partial charge is 0.298 e. The molecule has 1 aliphatic rings. The quantitative estimate of drug-likeness (QED) is 0.903. The minimum Gasteiger partial charge on any atom is -0.298 e. The van der Waals surface area contributed by atoms with Crippen LogP contribution in [0.5, 0.6) is 0 Å². The first-order chi connectivity index (χ1) is 8.41. The summed E-state index contributed by atoms with van der Waals surface area (Å²) >= 11 is 0.